The maximum absolute atomic E-state index is 5.62. The zero-order chi connectivity index (χ0) is 34.1. The van der Waals surface area contributed by atoms with E-state index in [2.05, 4.69) is 85.5 Å². The summed E-state index contributed by atoms with van der Waals surface area (Å²) in [6, 6.07) is 8.78. The van der Waals surface area contributed by atoms with Crippen molar-refractivity contribution in [3.05, 3.63) is 89.3 Å². The maximum atomic E-state index is 5.62. The molecular formula is C38H51N2O6P. The normalized spacial score (nSPS) is 21.1. The first-order chi connectivity index (χ1) is 22.7. The summed E-state index contributed by atoms with van der Waals surface area (Å²) in [6.07, 6.45) is 11.1. The Balaban J connectivity index is 1.46. The van der Waals surface area contributed by atoms with Crippen LogP contribution in [0.3, 0.4) is 0 Å². The van der Waals surface area contributed by atoms with E-state index in [4.69, 9.17) is 28.4 Å². The summed E-state index contributed by atoms with van der Waals surface area (Å²) >= 11 is 0. The molecular weight excluding hydrogens is 611 g/mol. The molecule has 0 radical (unpaired) electrons. The van der Waals surface area contributed by atoms with Crippen molar-refractivity contribution >= 4 is 14.2 Å². The second-order valence-electron chi connectivity index (χ2n) is 11.9. The van der Waals surface area contributed by atoms with Gasteiger partial charge < -0.3 is 28.4 Å². The molecule has 2 heterocycles. The highest BCUT2D eigenvalue weighted by Gasteiger charge is 2.30. The molecule has 4 rings (SSSR count). The fourth-order valence-electron chi connectivity index (χ4n) is 6.47. The fourth-order valence-corrected chi connectivity index (χ4v) is 7.65. The lowest BCUT2D eigenvalue weighted by molar-refractivity contribution is 0.0523. The lowest BCUT2D eigenvalue weighted by atomic mass is 10.0. The monoisotopic (exact) mass is 662 g/mol. The van der Waals surface area contributed by atoms with Gasteiger partial charge in [-0.2, -0.15) is 0 Å². The summed E-state index contributed by atoms with van der Waals surface area (Å²) in [5.74, 6) is 6.10. The lowest BCUT2D eigenvalue weighted by Crippen LogP contribution is -2.57. The van der Waals surface area contributed by atoms with Crippen LogP contribution in [0.5, 0.6) is 34.5 Å². The quantitative estimate of drug-likeness (QED) is 0.152. The van der Waals surface area contributed by atoms with Gasteiger partial charge in [0.05, 0.1) is 42.7 Å². The molecule has 0 bridgehead atoms. The Kier molecular flexibility index (Phi) is 13.0. The van der Waals surface area contributed by atoms with Crippen molar-refractivity contribution in [2.24, 2.45) is 0 Å². The lowest BCUT2D eigenvalue weighted by Gasteiger charge is -2.45. The number of rotatable bonds is 14. The highest BCUT2D eigenvalue weighted by molar-refractivity contribution is 7.42. The van der Waals surface area contributed by atoms with E-state index in [1.165, 1.54) is 16.7 Å². The minimum Gasteiger partial charge on any atom is -0.493 e. The minimum absolute atomic E-state index is 0.270. The highest BCUT2D eigenvalue weighted by Crippen LogP contribution is 2.47. The Morgan fingerprint density at radius 3 is 1.85 bits per heavy atom. The predicted molar refractivity (Wildman–Crippen MR) is 194 cm³/mol. The van der Waals surface area contributed by atoms with Crippen LogP contribution in [-0.4, -0.2) is 90.7 Å². The van der Waals surface area contributed by atoms with Crippen LogP contribution in [0.25, 0.3) is 5.57 Å². The number of nitrogens with zero attached hydrogens (tertiary/aromatic N) is 2. The zero-order valence-corrected chi connectivity index (χ0v) is 30.4. The van der Waals surface area contributed by atoms with Crippen LogP contribution in [0.1, 0.15) is 37.6 Å². The van der Waals surface area contributed by atoms with Gasteiger partial charge in [0, 0.05) is 43.9 Å². The summed E-state index contributed by atoms with van der Waals surface area (Å²) < 4.78 is 33.4. The Morgan fingerprint density at radius 2 is 1.36 bits per heavy atom. The SMILES string of the molecule is C=C(/C=C(\C=C/C)CN1C(C)CN(CC2=CC(c3cc(OC)c(OC)c(OC)c3)PC=C2)CC1C)c1cc(OC)c(OC)c(OC)c1. The van der Waals surface area contributed by atoms with Crippen molar-refractivity contribution in [3.8, 4) is 34.5 Å². The molecule has 0 N–H and O–H groups in total. The molecule has 0 aromatic heterocycles. The van der Waals surface area contributed by atoms with Gasteiger partial charge in [-0.25, -0.2) is 0 Å². The Bertz CT molecular complexity index is 1470. The minimum atomic E-state index is 0.270. The van der Waals surface area contributed by atoms with Crippen LogP contribution in [-0.2, 0) is 0 Å². The molecule has 47 heavy (non-hydrogen) atoms. The van der Waals surface area contributed by atoms with Crippen molar-refractivity contribution < 1.29 is 28.4 Å². The first-order valence-corrected chi connectivity index (χ1v) is 17.1. The molecule has 4 unspecified atom stereocenters. The maximum Gasteiger partial charge on any atom is 0.203 e. The van der Waals surface area contributed by atoms with E-state index in [1.807, 2.05) is 12.1 Å². The van der Waals surface area contributed by atoms with Crippen molar-refractivity contribution in [3.63, 3.8) is 0 Å². The first-order valence-electron chi connectivity index (χ1n) is 15.9. The highest BCUT2D eigenvalue weighted by atomic mass is 31.1. The molecule has 0 saturated carbocycles. The van der Waals surface area contributed by atoms with Crippen molar-refractivity contribution in [2.75, 3.05) is 68.8 Å². The Hall–Kier alpha value is -3.71. The average molecular weight is 663 g/mol. The fraction of sp³-hybridized carbons (Fsp3) is 0.421. The number of ether oxygens (including phenoxy) is 6. The summed E-state index contributed by atoms with van der Waals surface area (Å²) in [6.45, 7) is 14.8. The molecule has 254 valence electrons. The van der Waals surface area contributed by atoms with Gasteiger partial charge in [-0.1, -0.05) is 51.4 Å². The van der Waals surface area contributed by atoms with E-state index in [-0.39, 0.29) is 5.66 Å². The van der Waals surface area contributed by atoms with Crippen LogP contribution >= 0.6 is 8.58 Å². The van der Waals surface area contributed by atoms with Crippen LogP contribution in [0.2, 0.25) is 0 Å². The number of piperazine rings is 1. The van der Waals surface area contributed by atoms with Crippen LogP contribution < -0.4 is 28.4 Å². The molecule has 0 aliphatic carbocycles. The van der Waals surface area contributed by atoms with Crippen molar-refractivity contribution in [2.45, 2.75) is 38.5 Å². The van der Waals surface area contributed by atoms with Gasteiger partial charge in [-0.15, -0.1) is 0 Å². The van der Waals surface area contributed by atoms with Gasteiger partial charge in [0.2, 0.25) is 11.5 Å². The molecule has 9 heteroatoms. The van der Waals surface area contributed by atoms with E-state index < -0.39 is 0 Å². The molecule has 4 atom stereocenters. The van der Waals surface area contributed by atoms with Gasteiger partial charge in [-0.3, -0.25) is 9.80 Å². The molecule has 2 aliphatic heterocycles. The Morgan fingerprint density at radius 1 is 0.830 bits per heavy atom. The Labute approximate surface area is 283 Å². The van der Waals surface area contributed by atoms with Crippen LogP contribution in [0.4, 0.5) is 0 Å². The molecule has 8 nitrogen and oxygen atoms in total. The molecule has 2 aliphatic rings. The second-order valence-corrected chi connectivity index (χ2v) is 13.2. The predicted octanol–water partition coefficient (Wildman–Crippen LogP) is 7.52. The van der Waals surface area contributed by atoms with Gasteiger partial charge in [0.25, 0.3) is 0 Å². The zero-order valence-electron chi connectivity index (χ0n) is 29.4. The van der Waals surface area contributed by atoms with E-state index in [0.29, 0.717) is 55.2 Å². The van der Waals surface area contributed by atoms with Gasteiger partial charge in [0.15, 0.2) is 23.0 Å². The molecule has 2 aromatic carbocycles. The van der Waals surface area contributed by atoms with E-state index in [0.717, 1.165) is 37.3 Å². The van der Waals surface area contributed by atoms with Gasteiger partial charge in [0.1, 0.15) is 0 Å². The number of hydrogen-bond acceptors (Lipinski definition) is 8. The third kappa shape index (κ3) is 8.61. The third-order valence-electron chi connectivity index (χ3n) is 8.72. The van der Waals surface area contributed by atoms with E-state index in [9.17, 15) is 0 Å². The third-order valence-corrected chi connectivity index (χ3v) is 9.94. The largest absolute Gasteiger partial charge is 0.493 e. The molecule has 1 saturated heterocycles. The summed E-state index contributed by atoms with van der Waals surface area (Å²) in [5.41, 5.74) is 5.79. The van der Waals surface area contributed by atoms with Gasteiger partial charge in [-0.05, 0) is 72.9 Å². The summed E-state index contributed by atoms with van der Waals surface area (Å²) in [4.78, 5) is 5.17. The van der Waals surface area contributed by atoms with Gasteiger partial charge >= 0.3 is 0 Å². The number of hydrogen-bond donors (Lipinski definition) is 0. The number of benzene rings is 2. The molecule has 1 fully saturated rings. The van der Waals surface area contributed by atoms with Crippen molar-refractivity contribution in [1.82, 2.24) is 9.80 Å². The van der Waals surface area contributed by atoms with E-state index in [1.54, 1.807) is 42.7 Å². The first kappa shape index (κ1) is 36.1. The topological polar surface area (TPSA) is 61.9 Å². The second kappa shape index (κ2) is 16.9. The summed E-state index contributed by atoms with van der Waals surface area (Å²) in [7, 11) is 10.5. The summed E-state index contributed by atoms with van der Waals surface area (Å²) in [5, 5.41) is 0. The standard InChI is InChI=1S/C38H51N2O6P/c1-11-12-28(15-25(2)30-17-32(41-5)37(45-9)33(18-30)42-6)24-40-26(3)21-39(22-27(40)4)23-29-13-14-47-36(16-29)31-19-34(43-7)38(46-10)35(20-31)44-8/h11-20,26-27,36,47H,2,21-24H2,1,3-10H3/b12-11-,28-15+. The van der Waals surface area contributed by atoms with Crippen molar-refractivity contribution in [1.29, 1.82) is 0 Å². The number of methoxy groups -OCH3 is 6. The van der Waals surface area contributed by atoms with Crippen LogP contribution in [0, 0.1) is 0 Å². The number of allylic oxidation sites excluding steroid dienone is 4. The molecule has 0 spiro atoms. The van der Waals surface area contributed by atoms with Crippen LogP contribution in [0.15, 0.2) is 78.2 Å². The molecule has 2 aromatic rings. The smallest absolute Gasteiger partial charge is 0.203 e. The molecule has 0 amide bonds. The average Bonchev–Trinajstić information content (AvgIpc) is 3.08. The van der Waals surface area contributed by atoms with E-state index >= 15 is 0 Å².